The maximum atomic E-state index is 12.9. The van der Waals surface area contributed by atoms with Gasteiger partial charge in [0.15, 0.2) is 0 Å². The van der Waals surface area contributed by atoms with Gasteiger partial charge in [0.2, 0.25) is 17.0 Å². The summed E-state index contributed by atoms with van der Waals surface area (Å²) in [5.41, 5.74) is -0.180. The molecule has 0 saturated carbocycles. The minimum absolute atomic E-state index is 0.0561. The molecule has 1 aromatic carbocycles. The van der Waals surface area contributed by atoms with Crippen molar-refractivity contribution in [3.8, 4) is 0 Å². The van der Waals surface area contributed by atoms with Gasteiger partial charge < -0.3 is 11.2 Å². The molecule has 10 heteroatoms. The molecule has 136 valence electrons. The fourth-order valence-electron chi connectivity index (χ4n) is 2.66. The van der Waals surface area contributed by atoms with Crippen LogP contribution in [0, 0.1) is 6.92 Å². The Bertz CT molecular complexity index is 955. The number of amides is 2. The summed E-state index contributed by atoms with van der Waals surface area (Å²) in [7, 11) is 0. The quantitative estimate of drug-likeness (QED) is 0.593. The third-order valence-corrected chi connectivity index (χ3v) is 5.03. The zero-order chi connectivity index (χ0) is 19.1. The Balaban J connectivity index is 1.88. The number of nitrogens with two attached hydrogens (primary N) is 1. The van der Waals surface area contributed by atoms with E-state index in [2.05, 4.69) is 15.5 Å². The SMILES string of the molecule is Cc1nnc(SCC(=O)N2c3ccccc3NC(=O)C2(C)C)n(N)c1=O. The van der Waals surface area contributed by atoms with Gasteiger partial charge in [0.1, 0.15) is 11.2 Å². The number of aromatic nitrogens is 3. The average Bonchev–Trinajstić information content (AvgIpc) is 2.60. The van der Waals surface area contributed by atoms with Crippen LogP contribution in [-0.2, 0) is 9.59 Å². The number of thioether (sulfide) groups is 1. The maximum Gasteiger partial charge on any atom is 0.294 e. The summed E-state index contributed by atoms with van der Waals surface area (Å²) < 4.78 is 0.863. The van der Waals surface area contributed by atoms with Crippen molar-refractivity contribution in [3.63, 3.8) is 0 Å². The number of anilines is 2. The number of hydrogen-bond acceptors (Lipinski definition) is 7. The number of rotatable bonds is 3. The van der Waals surface area contributed by atoms with E-state index < -0.39 is 11.1 Å². The van der Waals surface area contributed by atoms with Crippen LogP contribution in [-0.4, -0.2) is 38.0 Å². The van der Waals surface area contributed by atoms with Crippen LogP contribution in [0.5, 0.6) is 0 Å². The molecule has 1 aromatic heterocycles. The highest BCUT2D eigenvalue weighted by atomic mass is 32.2. The van der Waals surface area contributed by atoms with Gasteiger partial charge in [-0.15, -0.1) is 10.2 Å². The lowest BCUT2D eigenvalue weighted by molar-refractivity contribution is -0.125. The summed E-state index contributed by atoms with van der Waals surface area (Å²) in [6.07, 6.45) is 0. The number of fused-ring (bicyclic) bond motifs is 1. The normalized spacial score (nSPS) is 15.3. The Kier molecular flexibility index (Phi) is 4.45. The van der Waals surface area contributed by atoms with E-state index in [0.717, 1.165) is 16.4 Å². The molecular formula is C16H18N6O3S. The van der Waals surface area contributed by atoms with Gasteiger partial charge in [0.25, 0.3) is 5.56 Å². The lowest BCUT2D eigenvalue weighted by atomic mass is 9.96. The van der Waals surface area contributed by atoms with E-state index in [0.29, 0.717) is 11.4 Å². The molecule has 0 radical (unpaired) electrons. The van der Waals surface area contributed by atoms with Crippen molar-refractivity contribution in [1.29, 1.82) is 0 Å². The van der Waals surface area contributed by atoms with E-state index in [1.807, 2.05) is 0 Å². The monoisotopic (exact) mass is 374 g/mol. The van der Waals surface area contributed by atoms with E-state index in [1.54, 1.807) is 38.1 Å². The van der Waals surface area contributed by atoms with Crippen molar-refractivity contribution in [2.24, 2.45) is 0 Å². The number of nitrogens with zero attached hydrogens (tertiary/aromatic N) is 4. The van der Waals surface area contributed by atoms with Gasteiger partial charge in [0.05, 0.1) is 17.1 Å². The molecule has 0 saturated heterocycles. The van der Waals surface area contributed by atoms with E-state index in [1.165, 1.54) is 11.8 Å². The van der Waals surface area contributed by atoms with Crippen LogP contribution in [0.15, 0.2) is 34.2 Å². The highest BCUT2D eigenvalue weighted by molar-refractivity contribution is 7.99. The number of nitrogen functional groups attached to an aromatic ring is 1. The van der Waals surface area contributed by atoms with E-state index >= 15 is 0 Å². The van der Waals surface area contributed by atoms with Gasteiger partial charge in [-0.25, -0.2) is 0 Å². The van der Waals surface area contributed by atoms with Gasteiger partial charge in [-0.05, 0) is 32.9 Å². The molecule has 0 bridgehead atoms. The predicted molar refractivity (Wildman–Crippen MR) is 98.5 cm³/mol. The van der Waals surface area contributed by atoms with Crippen molar-refractivity contribution in [1.82, 2.24) is 14.9 Å². The summed E-state index contributed by atoms with van der Waals surface area (Å²) in [4.78, 5) is 38.6. The summed E-state index contributed by atoms with van der Waals surface area (Å²) in [5, 5.41) is 10.5. The first-order chi connectivity index (χ1) is 12.2. The molecule has 0 spiro atoms. The molecule has 0 aliphatic carbocycles. The molecule has 2 heterocycles. The first-order valence-electron chi connectivity index (χ1n) is 7.81. The molecule has 9 nitrogen and oxygen atoms in total. The first kappa shape index (κ1) is 17.9. The van der Waals surface area contributed by atoms with Crippen molar-refractivity contribution >= 4 is 35.0 Å². The first-order valence-corrected chi connectivity index (χ1v) is 8.80. The topological polar surface area (TPSA) is 123 Å². The molecular weight excluding hydrogens is 356 g/mol. The largest absolute Gasteiger partial charge is 0.334 e. The summed E-state index contributed by atoms with van der Waals surface area (Å²) in [5.74, 6) is 5.05. The summed E-state index contributed by atoms with van der Waals surface area (Å²) in [6.45, 7) is 4.85. The number of para-hydroxylation sites is 2. The summed E-state index contributed by atoms with van der Waals surface area (Å²) in [6, 6.07) is 7.08. The fourth-order valence-corrected chi connectivity index (χ4v) is 3.36. The summed E-state index contributed by atoms with van der Waals surface area (Å²) >= 11 is 0.990. The van der Waals surface area contributed by atoms with Crippen LogP contribution in [0.2, 0.25) is 0 Å². The Morgan fingerprint density at radius 3 is 2.69 bits per heavy atom. The van der Waals surface area contributed by atoms with Crippen LogP contribution in [0.25, 0.3) is 0 Å². The Hall–Kier alpha value is -2.88. The van der Waals surface area contributed by atoms with Crippen molar-refractivity contribution < 1.29 is 9.59 Å². The predicted octanol–water partition coefficient (Wildman–Crippen LogP) is 0.517. The molecule has 0 unspecified atom stereocenters. The lowest BCUT2D eigenvalue weighted by Crippen LogP contribution is -2.59. The van der Waals surface area contributed by atoms with E-state index in [-0.39, 0.29) is 28.4 Å². The minimum atomic E-state index is -1.06. The van der Waals surface area contributed by atoms with Crippen LogP contribution >= 0.6 is 11.8 Å². The molecule has 2 amide bonds. The third-order valence-electron chi connectivity index (χ3n) is 4.10. The zero-order valence-electron chi connectivity index (χ0n) is 14.5. The van der Waals surface area contributed by atoms with Gasteiger partial charge in [-0.3, -0.25) is 19.3 Å². The van der Waals surface area contributed by atoms with Gasteiger partial charge in [0, 0.05) is 0 Å². The Morgan fingerprint density at radius 2 is 1.96 bits per heavy atom. The van der Waals surface area contributed by atoms with Gasteiger partial charge >= 0.3 is 0 Å². The number of aryl methyl sites for hydroxylation is 1. The van der Waals surface area contributed by atoms with E-state index in [4.69, 9.17) is 5.84 Å². The van der Waals surface area contributed by atoms with Crippen LogP contribution in [0.3, 0.4) is 0 Å². The maximum absolute atomic E-state index is 12.9. The van der Waals surface area contributed by atoms with Crippen LogP contribution < -0.4 is 21.6 Å². The third kappa shape index (κ3) is 2.92. The van der Waals surface area contributed by atoms with Crippen molar-refractivity contribution in [2.45, 2.75) is 31.5 Å². The van der Waals surface area contributed by atoms with Crippen LogP contribution in [0.4, 0.5) is 11.4 Å². The smallest absolute Gasteiger partial charge is 0.294 e. The molecule has 0 atom stereocenters. The van der Waals surface area contributed by atoms with Gasteiger partial charge in [-0.2, -0.15) is 4.68 Å². The standard InChI is InChI=1S/C16H18N6O3S/c1-9-13(24)22(17)15(20-19-9)26-8-12(23)21-11-7-5-4-6-10(11)18-14(25)16(21,2)3/h4-7H,8,17H2,1-3H3,(H,18,25). The van der Waals surface area contributed by atoms with Crippen molar-refractivity contribution in [2.75, 3.05) is 21.8 Å². The number of carbonyl (C=O) groups is 2. The molecule has 1 aliphatic rings. The van der Waals surface area contributed by atoms with E-state index in [9.17, 15) is 14.4 Å². The fraction of sp³-hybridized carbons (Fsp3) is 0.312. The molecule has 1 aliphatic heterocycles. The molecule has 26 heavy (non-hydrogen) atoms. The Labute approximate surface area is 153 Å². The number of nitrogens with one attached hydrogen (secondary N) is 1. The second-order valence-corrected chi connectivity index (χ2v) is 7.23. The average molecular weight is 374 g/mol. The zero-order valence-corrected chi connectivity index (χ0v) is 15.3. The Morgan fingerprint density at radius 1 is 1.27 bits per heavy atom. The highest BCUT2D eigenvalue weighted by Crippen LogP contribution is 2.37. The molecule has 3 rings (SSSR count). The second-order valence-electron chi connectivity index (χ2n) is 6.29. The number of hydrogen-bond donors (Lipinski definition) is 2. The molecule has 2 aromatic rings. The van der Waals surface area contributed by atoms with Crippen LogP contribution in [0.1, 0.15) is 19.5 Å². The second kappa shape index (κ2) is 6.45. The van der Waals surface area contributed by atoms with Crippen molar-refractivity contribution in [3.05, 3.63) is 40.3 Å². The number of carbonyl (C=O) groups excluding carboxylic acids is 2. The molecule has 3 N–H and O–H groups in total. The lowest BCUT2D eigenvalue weighted by Gasteiger charge is -2.42. The number of benzene rings is 1. The van der Waals surface area contributed by atoms with Gasteiger partial charge in [-0.1, -0.05) is 23.9 Å². The minimum Gasteiger partial charge on any atom is -0.334 e. The molecule has 0 fully saturated rings. The highest BCUT2D eigenvalue weighted by Gasteiger charge is 2.43.